The fourth-order valence-corrected chi connectivity index (χ4v) is 5.02. The number of H-pyrrole nitrogens is 1. The van der Waals surface area contributed by atoms with Crippen molar-refractivity contribution in [2.45, 2.75) is 50.6 Å². The highest BCUT2D eigenvalue weighted by atomic mass is 16.2. The van der Waals surface area contributed by atoms with Gasteiger partial charge in [-0.2, -0.15) is 5.10 Å². The normalized spacial score (nSPS) is 21.7. The third kappa shape index (κ3) is 3.40. The summed E-state index contributed by atoms with van der Waals surface area (Å²) in [4.78, 5) is 17.1. The fraction of sp³-hybridized carbons (Fsp3) is 0.346. The van der Waals surface area contributed by atoms with Crippen LogP contribution in [-0.4, -0.2) is 31.2 Å². The lowest BCUT2D eigenvalue weighted by molar-refractivity contribution is -0.125. The molecule has 0 spiro atoms. The van der Waals surface area contributed by atoms with Crippen LogP contribution in [0.5, 0.6) is 0 Å². The highest BCUT2D eigenvalue weighted by Crippen LogP contribution is 2.40. The molecule has 2 unspecified atom stereocenters. The van der Waals surface area contributed by atoms with E-state index in [4.69, 9.17) is 0 Å². The molecule has 4 aromatic rings. The molecule has 2 N–H and O–H groups in total. The smallest absolute Gasteiger partial charge is 0.223 e. The van der Waals surface area contributed by atoms with Gasteiger partial charge in [-0.05, 0) is 61.8 Å². The van der Waals surface area contributed by atoms with Crippen LogP contribution >= 0.6 is 0 Å². The molecule has 0 saturated heterocycles. The van der Waals surface area contributed by atoms with Gasteiger partial charge in [0.1, 0.15) is 0 Å². The average molecular weight is 426 g/mol. The molecule has 2 fully saturated rings. The lowest BCUT2D eigenvalue weighted by Gasteiger charge is -2.18. The first-order chi connectivity index (χ1) is 15.6. The van der Waals surface area contributed by atoms with E-state index in [1.807, 2.05) is 24.8 Å². The monoisotopic (exact) mass is 425 g/mol. The highest BCUT2D eigenvalue weighted by Gasteiger charge is 2.41. The lowest BCUT2D eigenvalue weighted by Crippen LogP contribution is -2.38. The van der Waals surface area contributed by atoms with Crippen molar-refractivity contribution in [3.63, 3.8) is 0 Å². The molecule has 6 rings (SSSR count). The minimum Gasteiger partial charge on any atom is -0.351 e. The molecule has 2 saturated carbocycles. The summed E-state index contributed by atoms with van der Waals surface area (Å²) in [6.45, 7) is 2.14. The van der Waals surface area contributed by atoms with Crippen LogP contribution in [0.25, 0.3) is 33.3 Å². The van der Waals surface area contributed by atoms with Gasteiger partial charge in [0.05, 0.1) is 29.9 Å². The number of benzene rings is 2. The Morgan fingerprint density at radius 1 is 1.09 bits per heavy atom. The number of hydrogen-bond donors (Lipinski definition) is 2. The van der Waals surface area contributed by atoms with Gasteiger partial charge in [0, 0.05) is 22.9 Å². The number of aromatic amines is 1. The third-order valence-corrected chi connectivity index (χ3v) is 7.24. The van der Waals surface area contributed by atoms with E-state index >= 15 is 0 Å². The van der Waals surface area contributed by atoms with Crippen LogP contribution in [0.3, 0.4) is 0 Å². The number of carbonyl (C=O) groups is 1. The van der Waals surface area contributed by atoms with Gasteiger partial charge in [0.2, 0.25) is 5.91 Å². The Morgan fingerprint density at radius 2 is 1.91 bits per heavy atom. The van der Waals surface area contributed by atoms with E-state index in [2.05, 4.69) is 68.4 Å². The molecule has 1 amide bonds. The van der Waals surface area contributed by atoms with Crippen LogP contribution in [0, 0.1) is 5.92 Å². The number of nitrogens with zero attached hydrogens (tertiary/aromatic N) is 3. The van der Waals surface area contributed by atoms with Gasteiger partial charge in [-0.1, -0.05) is 36.4 Å². The van der Waals surface area contributed by atoms with Crippen molar-refractivity contribution < 1.29 is 4.79 Å². The number of nitrogens with one attached hydrogen (secondary N) is 2. The molecule has 2 aliphatic rings. The van der Waals surface area contributed by atoms with Crippen LogP contribution in [0.15, 0.2) is 61.2 Å². The Labute approximate surface area is 187 Å². The highest BCUT2D eigenvalue weighted by molar-refractivity contribution is 5.94. The topological polar surface area (TPSA) is 75.6 Å². The van der Waals surface area contributed by atoms with Crippen LogP contribution < -0.4 is 5.32 Å². The maximum atomic E-state index is 12.7. The van der Waals surface area contributed by atoms with Crippen molar-refractivity contribution in [2.75, 3.05) is 0 Å². The number of imidazole rings is 1. The van der Waals surface area contributed by atoms with Gasteiger partial charge in [-0.3, -0.25) is 9.89 Å². The zero-order valence-corrected chi connectivity index (χ0v) is 18.2. The van der Waals surface area contributed by atoms with Crippen molar-refractivity contribution in [3.05, 3.63) is 61.2 Å². The number of hydrogen-bond acceptors (Lipinski definition) is 3. The molecule has 2 aliphatic carbocycles. The minimum absolute atomic E-state index is 0.0534. The van der Waals surface area contributed by atoms with E-state index in [1.54, 1.807) is 0 Å². The van der Waals surface area contributed by atoms with Gasteiger partial charge < -0.3 is 9.88 Å². The largest absolute Gasteiger partial charge is 0.351 e. The van der Waals surface area contributed by atoms with Crippen LogP contribution in [0.4, 0.5) is 0 Å². The Bertz CT molecular complexity index is 1280. The number of carbonyl (C=O) groups excluding carboxylic acids is 1. The molecule has 2 aromatic heterocycles. The van der Waals surface area contributed by atoms with E-state index in [0.29, 0.717) is 6.04 Å². The first kappa shape index (κ1) is 19.3. The van der Waals surface area contributed by atoms with E-state index in [1.165, 1.54) is 5.56 Å². The van der Waals surface area contributed by atoms with E-state index < -0.39 is 0 Å². The number of aromatic nitrogens is 4. The number of amides is 1. The SMILES string of the molecule is CC1(NC(=O)C2CCC(n3cncc3-c3ccc(-c4cccc5[nH]ncc45)cc3)C2)CC1. The summed E-state index contributed by atoms with van der Waals surface area (Å²) in [5.41, 5.74) is 5.68. The molecule has 32 heavy (non-hydrogen) atoms. The molecular weight excluding hydrogens is 398 g/mol. The van der Waals surface area contributed by atoms with Gasteiger partial charge in [0.25, 0.3) is 0 Å². The van der Waals surface area contributed by atoms with Crippen molar-refractivity contribution in [3.8, 4) is 22.4 Å². The molecule has 0 aliphatic heterocycles. The summed E-state index contributed by atoms with van der Waals surface area (Å²) in [6, 6.07) is 15.2. The number of fused-ring (bicyclic) bond motifs is 1. The standard InChI is InChI=1S/C26H27N5O/c1-26(11-12-26)29-25(32)19-9-10-20(13-19)31-16-27-15-24(31)18-7-5-17(6-8-18)21-3-2-4-23-22(21)14-28-30-23/h2-8,14-16,19-20H,9-13H2,1H3,(H,28,30)(H,29,32). The number of rotatable bonds is 5. The van der Waals surface area contributed by atoms with Crippen molar-refractivity contribution >= 4 is 16.8 Å². The van der Waals surface area contributed by atoms with Gasteiger partial charge in [-0.15, -0.1) is 0 Å². The maximum absolute atomic E-state index is 12.7. The predicted molar refractivity (Wildman–Crippen MR) is 125 cm³/mol. The molecule has 0 bridgehead atoms. The lowest BCUT2D eigenvalue weighted by atomic mass is 10.00. The Kier molecular flexibility index (Phi) is 4.42. The summed E-state index contributed by atoms with van der Waals surface area (Å²) in [5.74, 6) is 0.331. The molecule has 2 atom stereocenters. The van der Waals surface area contributed by atoms with E-state index in [-0.39, 0.29) is 17.4 Å². The third-order valence-electron chi connectivity index (χ3n) is 7.24. The second-order valence-electron chi connectivity index (χ2n) is 9.61. The fourth-order valence-electron chi connectivity index (χ4n) is 5.02. The molecule has 6 heteroatoms. The van der Waals surface area contributed by atoms with Crippen LogP contribution in [-0.2, 0) is 4.79 Å². The van der Waals surface area contributed by atoms with Crippen molar-refractivity contribution in [1.29, 1.82) is 0 Å². The Hall–Kier alpha value is -3.41. The van der Waals surface area contributed by atoms with Crippen LogP contribution in [0.1, 0.15) is 45.1 Å². The summed E-state index contributed by atoms with van der Waals surface area (Å²) in [7, 11) is 0. The molecule has 2 aromatic carbocycles. The van der Waals surface area contributed by atoms with E-state index in [0.717, 1.165) is 59.8 Å². The van der Waals surface area contributed by atoms with Gasteiger partial charge in [0.15, 0.2) is 0 Å². The summed E-state index contributed by atoms with van der Waals surface area (Å²) < 4.78 is 2.26. The Morgan fingerprint density at radius 3 is 2.72 bits per heavy atom. The van der Waals surface area contributed by atoms with Crippen molar-refractivity contribution in [2.24, 2.45) is 5.92 Å². The molecule has 0 radical (unpaired) electrons. The summed E-state index contributed by atoms with van der Waals surface area (Å²) in [6.07, 6.45) is 10.8. The van der Waals surface area contributed by atoms with E-state index in [9.17, 15) is 4.79 Å². The average Bonchev–Trinajstić information content (AvgIpc) is 3.29. The van der Waals surface area contributed by atoms with Crippen LogP contribution in [0.2, 0.25) is 0 Å². The first-order valence-electron chi connectivity index (χ1n) is 11.5. The molecule has 2 heterocycles. The molecular formula is C26H27N5O. The zero-order chi connectivity index (χ0) is 21.7. The maximum Gasteiger partial charge on any atom is 0.223 e. The summed E-state index contributed by atoms with van der Waals surface area (Å²) >= 11 is 0. The van der Waals surface area contributed by atoms with Gasteiger partial charge >= 0.3 is 0 Å². The Balaban J connectivity index is 1.22. The summed E-state index contributed by atoms with van der Waals surface area (Å²) in [5, 5.41) is 11.6. The van der Waals surface area contributed by atoms with Crippen molar-refractivity contribution in [1.82, 2.24) is 25.1 Å². The second-order valence-corrected chi connectivity index (χ2v) is 9.61. The molecule has 6 nitrogen and oxygen atoms in total. The predicted octanol–water partition coefficient (Wildman–Crippen LogP) is 5.10. The molecule has 162 valence electrons. The quantitative estimate of drug-likeness (QED) is 0.467. The first-order valence-corrected chi connectivity index (χ1v) is 11.5. The zero-order valence-electron chi connectivity index (χ0n) is 18.2. The minimum atomic E-state index is 0.0534. The second kappa shape index (κ2) is 7.33. The van der Waals surface area contributed by atoms with Gasteiger partial charge in [-0.25, -0.2) is 4.98 Å².